The van der Waals surface area contributed by atoms with Crippen LogP contribution in [0.3, 0.4) is 0 Å². The quantitative estimate of drug-likeness (QED) is 0.341. The van der Waals surface area contributed by atoms with Crippen LogP contribution in [0.4, 0.5) is 0 Å². The highest BCUT2D eigenvalue weighted by Crippen LogP contribution is 2.44. The Kier molecular flexibility index (Phi) is 2.50. The predicted molar refractivity (Wildman–Crippen MR) is 126 cm³/mol. The molecule has 0 aliphatic rings. The second-order valence-electron chi connectivity index (χ2n) is 8.15. The van der Waals surface area contributed by atoms with Crippen LogP contribution < -0.4 is 5.84 Å². The van der Waals surface area contributed by atoms with Crippen LogP contribution in [-0.4, -0.2) is 13.6 Å². The Hall–Kier alpha value is -4.38. The van der Waals surface area contributed by atoms with E-state index in [1.807, 2.05) is 12.1 Å². The number of para-hydroxylation sites is 1. The summed E-state index contributed by atoms with van der Waals surface area (Å²) in [6.45, 7) is 0. The van der Waals surface area contributed by atoms with E-state index in [2.05, 4.69) is 75.8 Å². The van der Waals surface area contributed by atoms with Gasteiger partial charge in [0, 0.05) is 39.5 Å². The van der Waals surface area contributed by atoms with Crippen molar-refractivity contribution in [2.75, 3.05) is 5.84 Å². The highest BCUT2D eigenvalue weighted by atomic mass is 16.3. The standard InChI is InChI=1S/C26H16N4O/c27-30-18-8-4-7-16-22(18)23-19(30)10-9-17-24-20(11-13-28(24)15-5-2-1-3-6-15)29(25(17)23)21-12-14-31-26(16)21/h1-14H,27H2. The maximum absolute atomic E-state index is 6.57. The van der Waals surface area contributed by atoms with Gasteiger partial charge in [-0.3, -0.25) is 4.68 Å². The van der Waals surface area contributed by atoms with Crippen LogP contribution in [0, 0.1) is 0 Å². The highest BCUT2D eigenvalue weighted by Gasteiger charge is 2.24. The van der Waals surface area contributed by atoms with E-state index < -0.39 is 0 Å². The van der Waals surface area contributed by atoms with Crippen LogP contribution in [0.15, 0.2) is 89.7 Å². The second kappa shape index (κ2) is 5.02. The third-order valence-corrected chi connectivity index (χ3v) is 6.72. The minimum absolute atomic E-state index is 0.876. The molecule has 8 rings (SSSR count). The van der Waals surface area contributed by atoms with Gasteiger partial charge in [-0.1, -0.05) is 30.3 Å². The molecule has 0 saturated heterocycles. The van der Waals surface area contributed by atoms with E-state index in [4.69, 9.17) is 10.3 Å². The minimum atomic E-state index is 0.876. The highest BCUT2D eigenvalue weighted by molar-refractivity contribution is 6.32. The molecule has 3 aromatic carbocycles. The smallest absolute Gasteiger partial charge is 0.158 e. The Morgan fingerprint density at radius 1 is 0.645 bits per heavy atom. The van der Waals surface area contributed by atoms with Crippen LogP contribution in [-0.2, 0) is 0 Å². The molecule has 5 heterocycles. The number of benzene rings is 3. The summed E-state index contributed by atoms with van der Waals surface area (Å²) < 4.78 is 12.5. The average Bonchev–Trinajstić information content (AvgIpc) is 3.55. The molecule has 0 amide bonds. The molecular formula is C26H16N4O. The lowest BCUT2D eigenvalue weighted by Gasteiger charge is -2.04. The number of furan rings is 1. The average molecular weight is 400 g/mol. The van der Waals surface area contributed by atoms with Crippen molar-refractivity contribution in [3.63, 3.8) is 0 Å². The van der Waals surface area contributed by atoms with Crippen molar-refractivity contribution in [3.05, 3.63) is 85.3 Å². The van der Waals surface area contributed by atoms with Gasteiger partial charge in [-0.15, -0.1) is 0 Å². The topological polar surface area (TPSA) is 53.4 Å². The van der Waals surface area contributed by atoms with Crippen molar-refractivity contribution in [2.45, 2.75) is 0 Å². The molecule has 0 aliphatic heterocycles. The molecule has 5 heteroatoms. The van der Waals surface area contributed by atoms with Crippen LogP contribution >= 0.6 is 0 Å². The van der Waals surface area contributed by atoms with E-state index in [0.29, 0.717) is 0 Å². The monoisotopic (exact) mass is 400 g/mol. The molecular weight excluding hydrogens is 384 g/mol. The van der Waals surface area contributed by atoms with E-state index >= 15 is 0 Å². The number of fused-ring (bicyclic) bond motifs is 6. The Bertz CT molecular complexity index is 1950. The van der Waals surface area contributed by atoms with E-state index in [0.717, 1.165) is 44.1 Å². The fraction of sp³-hybridized carbons (Fsp3) is 0. The summed E-state index contributed by atoms with van der Waals surface area (Å²) in [4.78, 5) is 0. The summed E-state index contributed by atoms with van der Waals surface area (Å²) in [5.41, 5.74) is 8.62. The summed E-state index contributed by atoms with van der Waals surface area (Å²) in [5.74, 6) is 6.57. The van der Waals surface area contributed by atoms with Gasteiger partial charge in [0.25, 0.3) is 0 Å². The van der Waals surface area contributed by atoms with Crippen molar-refractivity contribution >= 4 is 60.2 Å². The summed E-state index contributed by atoms with van der Waals surface area (Å²) in [6, 6.07) is 25.3. The molecule has 0 unspecified atom stereocenters. The van der Waals surface area contributed by atoms with E-state index in [1.54, 1.807) is 10.9 Å². The van der Waals surface area contributed by atoms with Gasteiger partial charge in [0.15, 0.2) is 5.58 Å². The number of nitrogens with two attached hydrogens (primary N) is 1. The molecule has 0 fully saturated rings. The summed E-state index contributed by atoms with van der Waals surface area (Å²) in [6.07, 6.45) is 3.93. The van der Waals surface area contributed by atoms with Crippen molar-refractivity contribution in [2.24, 2.45) is 0 Å². The molecule has 0 saturated carbocycles. The van der Waals surface area contributed by atoms with Crippen LogP contribution in [0.2, 0.25) is 0 Å². The number of aromatic nitrogens is 3. The molecule has 0 atom stereocenters. The Morgan fingerprint density at radius 3 is 2.42 bits per heavy atom. The van der Waals surface area contributed by atoms with E-state index in [9.17, 15) is 0 Å². The summed E-state index contributed by atoms with van der Waals surface area (Å²) >= 11 is 0. The molecule has 0 aliphatic carbocycles. The van der Waals surface area contributed by atoms with E-state index in [-0.39, 0.29) is 0 Å². The number of hydrogen-bond acceptors (Lipinski definition) is 2. The fourth-order valence-corrected chi connectivity index (χ4v) is 5.50. The molecule has 8 aromatic rings. The largest absolute Gasteiger partial charge is 0.462 e. The summed E-state index contributed by atoms with van der Waals surface area (Å²) in [5, 5.41) is 4.60. The first kappa shape index (κ1) is 15.5. The van der Waals surface area contributed by atoms with Crippen molar-refractivity contribution < 1.29 is 4.42 Å². The maximum Gasteiger partial charge on any atom is 0.158 e. The van der Waals surface area contributed by atoms with Gasteiger partial charge in [-0.25, -0.2) is 0 Å². The molecule has 2 N–H and O–H groups in total. The number of nitrogens with zero attached hydrogens (tertiary/aromatic N) is 3. The van der Waals surface area contributed by atoms with Crippen LogP contribution in [0.1, 0.15) is 0 Å². The summed E-state index contributed by atoms with van der Waals surface area (Å²) in [7, 11) is 0. The normalized spacial score (nSPS) is 12.6. The molecule has 5 nitrogen and oxygen atoms in total. The van der Waals surface area contributed by atoms with Crippen molar-refractivity contribution in [1.82, 2.24) is 13.6 Å². The zero-order valence-electron chi connectivity index (χ0n) is 16.4. The van der Waals surface area contributed by atoms with Gasteiger partial charge in [0.1, 0.15) is 0 Å². The van der Waals surface area contributed by atoms with E-state index in [1.165, 1.54) is 21.8 Å². The zero-order chi connectivity index (χ0) is 20.3. The van der Waals surface area contributed by atoms with Crippen molar-refractivity contribution in [1.29, 1.82) is 0 Å². The third kappa shape index (κ3) is 1.63. The Morgan fingerprint density at radius 2 is 1.52 bits per heavy atom. The zero-order valence-corrected chi connectivity index (χ0v) is 16.4. The Balaban J connectivity index is 1.77. The van der Waals surface area contributed by atoms with Gasteiger partial charge < -0.3 is 19.2 Å². The SMILES string of the molecule is Nn1c2cccc3c4occc4n4c5ccn(-c6ccccc6)c5c5ccc1c(c32)c54. The lowest BCUT2D eigenvalue weighted by atomic mass is 10.1. The predicted octanol–water partition coefficient (Wildman–Crippen LogP) is 6.04. The molecule has 146 valence electrons. The van der Waals surface area contributed by atoms with Gasteiger partial charge >= 0.3 is 0 Å². The van der Waals surface area contributed by atoms with Crippen LogP contribution in [0.5, 0.6) is 0 Å². The Labute approximate surface area is 175 Å². The van der Waals surface area contributed by atoms with Gasteiger partial charge in [-0.05, 0) is 36.4 Å². The molecule has 31 heavy (non-hydrogen) atoms. The number of rotatable bonds is 1. The van der Waals surface area contributed by atoms with Gasteiger partial charge in [-0.2, -0.15) is 0 Å². The fourth-order valence-electron chi connectivity index (χ4n) is 5.50. The molecule has 0 spiro atoms. The first-order valence-electron chi connectivity index (χ1n) is 10.3. The van der Waals surface area contributed by atoms with Crippen LogP contribution in [0.25, 0.3) is 65.9 Å². The number of hydrogen-bond donors (Lipinski definition) is 1. The van der Waals surface area contributed by atoms with Gasteiger partial charge in [0.2, 0.25) is 0 Å². The second-order valence-corrected chi connectivity index (χ2v) is 8.15. The minimum Gasteiger partial charge on any atom is -0.462 e. The van der Waals surface area contributed by atoms with Gasteiger partial charge in [0.05, 0.1) is 39.4 Å². The molecule has 5 aromatic heterocycles. The first-order chi connectivity index (χ1) is 15.3. The maximum atomic E-state index is 6.57. The molecule has 0 bridgehead atoms. The van der Waals surface area contributed by atoms with Crippen molar-refractivity contribution in [3.8, 4) is 5.69 Å². The first-order valence-corrected chi connectivity index (χ1v) is 10.3. The third-order valence-electron chi connectivity index (χ3n) is 6.72. The lowest BCUT2D eigenvalue weighted by Crippen LogP contribution is -2.06. The number of nitrogen functional groups attached to an aromatic ring is 1. The lowest BCUT2D eigenvalue weighted by molar-refractivity contribution is 0.619. The molecule has 0 radical (unpaired) electrons.